The van der Waals surface area contributed by atoms with Crippen LogP contribution in [-0.2, 0) is 4.74 Å². The van der Waals surface area contributed by atoms with Gasteiger partial charge in [-0.1, -0.05) is 13.8 Å². The second kappa shape index (κ2) is 5.14. The fourth-order valence-electron chi connectivity index (χ4n) is 8.64. The Labute approximate surface area is 162 Å². The Kier molecular flexibility index (Phi) is 3.27. The summed E-state index contributed by atoms with van der Waals surface area (Å²) in [7, 11) is 0. The van der Waals surface area contributed by atoms with E-state index in [0.29, 0.717) is 28.1 Å². The van der Waals surface area contributed by atoms with E-state index in [1.165, 1.54) is 56.9 Å². The minimum atomic E-state index is 0.170. The molecule has 6 rings (SSSR count). The van der Waals surface area contributed by atoms with E-state index in [2.05, 4.69) is 19.9 Å². The van der Waals surface area contributed by atoms with Gasteiger partial charge in [0.25, 0.3) is 0 Å². The highest BCUT2D eigenvalue weighted by atomic mass is 32.1. The van der Waals surface area contributed by atoms with E-state index >= 15 is 0 Å². The van der Waals surface area contributed by atoms with Gasteiger partial charge in [-0.15, -0.1) is 0 Å². The normalized spacial score (nSPS) is 57.7. The Balaban J connectivity index is 1.37. The average Bonchev–Trinajstić information content (AvgIpc) is 2.99. The molecule has 2 nitrogen and oxygen atoms in total. The Hall–Kier alpha value is -0.410. The highest BCUT2D eigenvalue weighted by Gasteiger charge is 2.80. The first-order valence-electron chi connectivity index (χ1n) is 10.9. The van der Waals surface area contributed by atoms with Crippen molar-refractivity contribution in [1.82, 2.24) is 0 Å². The van der Waals surface area contributed by atoms with Gasteiger partial charge in [0, 0.05) is 10.7 Å². The molecule has 1 aromatic heterocycles. The summed E-state index contributed by atoms with van der Waals surface area (Å²) in [6.07, 6.45) is 15.1. The largest absolute Gasteiger partial charge is 0.472 e. The molecule has 0 bridgehead atoms. The SMILES string of the molecule is C[C@]12CC[C@H](S)C[C@H]1CC[C@@H]1[C@@H]2CC[C@]2(C)[C@@H](c3ccoc3)C[C@H]3O[C@]132. The number of furan rings is 1. The summed E-state index contributed by atoms with van der Waals surface area (Å²) in [6, 6.07) is 2.20. The van der Waals surface area contributed by atoms with Crippen molar-refractivity contribution < 1.29 is 9.15 Å². The minimum absolute atomic E-state index is 0.170. The second-order valence-electron chi connectivity index (χ2n) is 10.6. The molecular weight excluding hydrogens is 340 g/mol. The summed E-state index contributed by atoms with van der Waals surface area (Å²) in [6.45, 7) is 5.18. The molecule has 1 spiro atoms. The van der Waals surface area contributed by atoms with Crippen molar-refractivity contribution in [3.8, 4) is 0 Å². The van der Waals surface area contributed by atoms with Crippen LogP contribution < -0.4 is 0 Å². The molecule has 2 heterocycles. The summed E-state index contributed by atoms with van der Waals surface area (Å²) in [5.74, 6) is 3.16. The summed E-state index contributed by atoms with van der Waals surface area (Å²) >= 11 is 4.84. The fraction of sp³-hybridized carbons (Fsp3) is 0.826. The molecule has 4 aliphatic carbocycles. The molecule has 1 aliphatic heterocycles. The molecule has 0 amide bonds. The van der Waals surface area contributed by atoms with E-state index in [-0.39, 0.29) is 5.60 Å². The standard InChI is InChI=1S/C23H32O2S/c1-21-8-5-16(26)11-15(21)3-4-18-17(21)6-9-22(2)19(14-7-10-24-13-14)12-20-23(18,22)25-20/h7,10,13,15-20,26H,3-6,8-9,11-12H2,1-2H3/t15-,16+,17+,18-,19-,20-,21+,22-,23-/m1/s1. The molecule has 1 saturated heterocycles. The molecule has 142 valence electrons. The third-order valence-corrected chi connectivity index (χ3v) is 10.5. The monoisotopic (exact) mass is 372 g/mol. The third-order valence-electron chi connectivity index (χ3n) is 10.0. The maximum atomic E-state index is 6.65. The van der Waals surface area contributed by atoms with Gasteiger partial charge >= 0.3 is 0 Å². The summed E-state index contributed by atoms with van der Waals surface area (Å²) in [4.78, 5) is 0. The summed E-state index contributed by atoms with van der Waals surface area (Å²) < 4.78 is 12.1. The smallest absolute Gasteiger partial charge is 0.104 e. The summed E-state index contributed by atoms with van der Waals surface area (Å²) in [5.41, 5.74) is 2.41. The minimum Gasteiger partial charge on any atom is -0.472 e. The van der Waals surface area contributed by atoms with Crippen molar-refractivity contribution in [2.24, 2.45) is 28.6 Å². The fourth-order valence-corrected chi connectivity index (χ4v) is 9.03. The maximum absolute atomic E-state index is 6.65. The van der Waals surface area contributed by atoms with E-state index in [0.717, 1.165) is 17.8 Å². The Morgan fingerprint density at radius 3 is 2.73 bits per heavy atom. The van der Waals surface area contributed by atoms with Gasteiger partial charge in [-0.25, -0.2) is 0 Å². The van der Waals surface area contributed by atoms with Crippen LogP contribution in [0.15, 0.2) is 23.0 Å². The van der Waals surface area contributed by atoms with Gasteiger partial charge in [0.15, 0.2) is 0 Å². The quantitative estimate of drug-likeness (QED) is 0.495. The molecule has 0 radical (unpaired) electrons. The van der Waals surface area contributed by atoms with Crippen molar-refractivity contribution in [2.75, 3.05) is 0 Å². The Bertz CT molecular complexity index is 716. The molecule has 5 fully saturated rings. The first-order valence-corrected chi connectivity index (χ1v) is 11.4. The van der Waals surface area contributed by atoms with Crippen LogP contribution in [0.5, 0.6) is 0 Å². The van der Waals surface area contributed by atoms with Gasteiger partial charge in [0.05, 0.1) is 18.6 Å². The van der Waals surface area contributed by atoms with Crippen LogP contribution in [0.25, 0.3) is 0 Å². The van der Waals surface area contributed by atoms with E-state index in [1.54, 1.807) is 0 Å². The lowest BCUT2D eigenvalue weighted by Crippen LogP contribution is -2.58. The van der Waals surface area contributed by atoms with Gasteiger partial charge in [0.1, 0.15) is 5.60 Å². The molecule has 0 N–H and O–H groups in total. The molecule has 0 unspecified atom stereocenters. The van der Waals surface area contributed by atoms with Crippen molar-refractivity contribution in [3.63, 3.8) is 0 Å². The van der Waals surface area contributed by atoms with Gasteiger partial charge in [0.2, 0.25) is 0 Å². The lowest BCUT2D eigenvalue weighted by molar-refractivity contribution is -0.126. The molecule has 4 saturated carbocycles. The molecule has 3 heteroatoms. The molecular formula is C23H32O2S. The van der Waals surface area contributed by atoms with Crippen LogP contribution >= 0.6 is 12.6 Å². The lowest BCUT2D eigenvalue weighted by atomic mass is 9.44. The highest BCUT2D eigenvalue weighted by molar-refractivity contribution is 7.80. The van der Waals surface area contributed by atoms with Crippen molar-refractivity contribution in [1.29, 1.82) is 0 Å². The number of rotatable bonds is 1. The zero-order chi connectivity index (χ0) is 17.7. The predicted octanol–water partition coefficient (Wildman–Crippen LogP) is 5.84. The lowest BCUT2D eigenvalue weighted by Gasteiger charge is -2.61. The first kappa shape index (κ1) is 16.5. The number of hydrogen-bond acceptors (Lipinski definition) is 3. The van der Waals surface area contributed by atoms with E-state index in [1.807, 2.05) is 12.5 Å². The topological polar surface area (TPSA) is 25.7 Å². The van der Waals surface area contributed by atoms with Crippen LogP contribution in [0.3, 0.4) is 0 Å². The van der Waals surface area contributed by atoms with Crippen LogP contribution in [0.1, 0.15) is 76.7 Å². The number of hydrogen-bond donors (Lipinski definition) is 1. The average molecular weight is 373 g/mol. The van der Waals surface area contributed by atoms with Gasteiger partial charge in [-0.3, -0.25) is 0 Å². The predicted molar refractivity (Wildman–Crippen MR) is 105 cm³/mol. The van der Waals surface area contributed by atoms with Crippen molar-refractivity contribution in [2.45, 2.75) is 88.1 Å². The van der Waals surface area contributed by atoms with Gasteiger partial charge in [-0.2, -0.15) is 12.6 Å². The first-order chi connectivity index (χ1) is 12.5. The van der Waals surface area contributed by atoms with Crippen LogP contribution in [0.2, 0.25) is 0 Å². The van der Waals surface area contributed by atoms with Crippen LogP contribution in [0, 0.1) is 28.6 Å². The molecule has 26 heavy (non-hydrogen) atoms. The number of thiol groups is 1. The van der Waals surface area contributed by atoms with Crippen LogP contribution in [-0.4, -0.2) is 17.0 Å². The van der Waals surface area contributed by atoms with E-state index in [4.69, 9.17) is 21.8 Å². The Morgan fingerprint density at radius 2 is 1.92 bits per heavy atom. The number of ether oxygens (including phenoxy) is 1. The number of epoxide rings is 1. The molecule has 5 aliphatic rings. The zero-order valence-corrected chi connectivity index (χ0v) is 17.0. The Morgan fingerprint density at radius 1 is 1.04 bits per heavy atom. The zero-order valence-electron chi connectivity index (χ0n) is 16.1. The van der Waals surface area contributed by atoms with Crippen molar-refractivity contribution in [3.05, 3.63) is 24.2 Å². The summed E-state index contributed by atoms with van der Waals surface area (Å²) in [5, 5.41) is 0.638. The maximum Gasteiger partial charge on any atom is 0.104 e. The molecule has 0 aromatic carbocycles. The molecule has 1 aromatic rings. The van der Waals surface area contributed by atoms with Crippen LogP contribution in [0.4, 0.5) is 0 Å². The van der Waals surface area contributed by atoms with Gasteiger partial charge in [-0.05, 0) is 92.1 Å². The third kappa shape index (κ3) is 1.81. The van der Waals surface area contributed by atoms with E-state index in [9.17, 15) is 0 Å². The molecule has 9 atom stereocenters. The highest BCUT2D eigenvalue weighted by Crippen LogP contribution is 2.78. The van der Waals surface area contributed by atoms with Crippen molar-refractivity contribution >= 4 is 12.6 Å². The van der Waals surface area contributed by atoms with Gasteiger partial charge < -0.3 is 9.15 Å². The second-order valence-corrected chi connectivity index (χ2v) is 11.4. The van der Waals surface area contributed by atoms with E-state index < -0.39 is 0 Å². The number of fused-ring (bicyclic) bond motifs is 3.